The number of pyridine rings is 1. The summed E-state index contributed by atoms with van der Waals surface area (Å²) in [6.45, 7) is 7.76. The van der Waals surface area contributed by atoms with Crippen LogP contribution in [0.15, 0.2) is 47.2 Å². The molecule has 134 valence electrons. The predicted octanol–water partition coefficient (Wildman–Crippen LogP) is 2.79. The van der Waals surface area contributed by atoms with Crippen LogP contribution >= 0.6 is 0 Å². The fourth-order valence-electron chi connectivity index (χ4n) is 4.25. The summed E-state index contributed by atoms with van der Waals surface area (Å²) in [7, 11) is 0. The Morgan fingerprint density at radius 1 is 1.04 bits per heavy atom. The third-order valence-corrected chi connectivity index (χ3v) is 5.33. The van der Waals surface area contributed by atoms with E-state index in [1.54, 1.807) is 6.26 Å². The summed E-state index contributed by atoms with van der Waals surface area (Å²) in [6, 6.07) is 10.2. The van der Waals surface area contributed by atoms with Gasteiger partial charge in [0.15, 0.2) is 0 Å². The molecule has 0 N–H and O–H groups in total. The van der Waals surface area contributed by atoms with Crippen LogP contribution in [0.25, 0.3) is 0 Å². The van der Waals surface area contributed by atoms with Crippen molar-refractivity contribution in [1.82, 2.24) is 14.8 Å². The minimum absolute atomic E-state index is 0.218. The maximum absolute atomic E-state index is 6.03. The van der Waals surface area contributed by atoms with E-state index in [9.17, 15) is 0 Å². The van der Waals surface area contributed by atoms with Gasteiger partial charge in [0.25, 0.3) is 0 Å². The molecular formula is C20H27N3O2. The average Bonchev–Trinajstić information content (AvgIpc) is 3.05. The van der Waals surface area contributed by atoms with Crippen LogP contribution in [0.3, 0.4) is 0 Å². The molecular weight excluding hydrogens is 314 g/mol. The zero-order chi connectivity index (χ0) is 17.0. The Labute approximate surface area is 149 Å². The molecule has 2 aromatic heterocycles. The summed E-state index contributed by atoms with van der Waals surface area (Å²) < 4.78 is 11.6. The van der Waals surface area contributed by atoms with Gasteiger partial charge in [0.05, 0.1) is 31.7 Å². The second kappa shape index (κ2) is 7.68. The first-order valence-corrected chi connectivity index (χ1v) is 9.26. The van der Waals surface area contributed by atoms with Gasteiger partial charge in [-0.05, 0) is 43.7 Å². The highest BCUT2D eigenvalue weighted by Gasteiger charge is 2.39. The Bertz CT molecular complexity index is 646. The van der Waals surface area contributed by atoms with Gasteiger partial charge in [-0.1, -0.05) is 6.07 Å². The number of furan rings is 1. The van der Waals surface area contributed by atoms with Crippen molar-refractivity contribution >= 4 is 0 Å². The number of likely N-dealkylation sites (tertiary alicyclic amines) is 1. The zero-order valence-corrected chi connectivity index (χ0v) is 14.8. The second-order valence-electron chi connectivity index (χ2n) is 7.48. The lowest BCUT2D eigenvalue weighted by atomic mass is 9.80. The minimum atomic E-state index is 0.218. The number of ether oxygens (including phenoxy) is 1. The Balaban J connectivity index is 1.43. The van der Waals surface area contributed by atoms with Gasteiger partial charge in [0, 0.05) is 37.8 Å². The molecule has 2 aliphatic rings. The first kappa shape index (κ1) is 16.8. The lowest BCUT2D eigenvalue weighted by Gasteiger charge is -2.43. The number of piperidine rings is 1. The van der Waals surface area contributed by atoms with E-state index in [4.69, 9.17) is 9.15 Å². The van der Waals surface area contributed by atoms with Crippen LogP contribution in [0.5, 0.6) is 0 Å². The van der Waals surface area contributed by atoms with Crippen molar-refractivity contribution in [2.75, 3.05) is 39.4 Å². The Morgan fingerprint density at radius 3 is 2.76 bits per heavy atom. The Morgan fingerprint density at radius 2 is 1.96 bits per heavy atom. The molecule has 2 saturated heterocycles. The molecule has 5 nitrogen and oxygen atoms in total. The van der Waals surface area contributed by atoms with E-state index in [1.807, 2.05) is 18.3 Å². The molecule has 1 spiro atoms. The fourth-order valence-corrected chi connectivity index (χ4v) is 4.25. The number of hydrogen-bond acceptors (Lipinski definition) is 5. The highest BCUT2D eigenvalue weighted by atomic mass is 16.5. The summed E-state index contributed by atoms with van der Waals surface area (Å²) in [5.74, 6) is 1.05. The quantitative estimate of drug-likeness (QED) is 0.855. The molecule has 0 bridgehead atoms. The number of rotatable bonds is 4. The third kappa shape index (κ3) is 4.29. The predicted molar refractivity (Wildman–Crippen MR) is 96.0 cm³/mol. The van der Waals surface area contributed by atoms with Crippen molar-refractivity contribution in [2.45, 2.75) is 25.9 Å². The van der Waals surface area contributed by atoms with Crippen LogP contribution in [0.4, 0.5) is 0 Å². The monoisotopic (exact) mass is 341 g/mol. The van der Waals surface area contributed by atoms with Gasteiger partial charge >= 0.3 is 0 Å². The van der Waals surface area contributed by atoms with Gasteiger partial charge in [0.2, 0.25) is 0 Å². The third-order valence-electron chi connectivity index (χ3n) is 5.33. The smallest absolute Gasteiger partial charge is 0.117 e. The van der Waals surface area contributed by atoms with Crippen LogP contribution < -0.4 is 0 Å². The molecule has 0 aliphatic carbocycles. The number of hydrogen-bond donors (Lipinski definition) is 0. The van der Waals surface area contributed by atoms with E-state index in [1.165, 1.54) is 12.8 Å². The van der Waals surface area contributed by atoms with E-state index in [2.05, 4.69) is 33.0 Å². The lowest BCUT2D eigenvalue weighted by molar-refractivity contribution is 0.000576. The molecule has 2 aromatic rings. The van der Waals surface area contributed by atoms with Crippen LogP contribution in [-0.2, 0) is 17.8 Å². The highest BCUT2D eigenvalue weighted by Crippen LogP contribution is 2.34. The van der Waals surface area contributed by atoms with Crippen molar-refractivity contribution in [3.8, 4) is 0 Å². The first-order chi connectivity index (χ1) is 12.3. The molecule has 4 heterocycles. The molecule has 25 heavy (non-hydrogen) atoms. The summed E-state index contributed by atoms with van der Waals surface area (Å²) in [4.78, 5) is 9.54. The maximum atomic E-state index is 6.03. The molecule has 0 amide bonds. The molecule has 0 radical (unpaired) electrons. The molecule has 2 aliphatic heterocycles. The lowest BCUT2D eigenvalue weighted by Crippen LogP contribution is -2.50. The first-order valence-electron chi connectivity index (χ1n) is 9.26. The van der Waals surface area contributed by atoms with Crippen molar-refractivity contribution < 1.29 is 9.15 Å². The van der Waals surface area contributed by atoms with Gasteiger partial charge in [-0.2, -0.15) is 0 Å². The Kier molecular flexibility index (Phi) is 5.15. The molecule has 0 unspecified atom stereocenters. The average molecular weight is 341 g/mol. The molecule has 5 heteroatoms. The van der Waals surface area contributed by atoms with Crippen LogP contribution in [0.2, 0.25) is 0 Å². The topological polar surface area (TPSA) is 41.7 Å². The standard InChI is InChI=1S/C20H27N3O2/c1-2-8-21-18(5-1)13-23-10-12-24-17-20(16-23)7-4-9-22(15-20)14-19-6-3-11-25-19/h1-3,5-6,8,11H,4,7,9-10,12-17H2/t20-/m0/s1. The Hall–Kier alpha value is -1.69. The van der Waals surface area contributed by atoms with E-state index in [0.29, 0.717) is 0 Å². The second-order valence-corrected chi connectivity index (χ2v) is 7.48. The molecule has 2 fully saturated rings. The zero-order valence-electron chi connectivity index (χ0n) is 14.8. The van der Waals surface area contributed by atoms with Gasteiger partial charge in [-0.15, -0.1) is 0 Å². The number of nitrogens with zero attached hydrogens (tertiary/aromatic N) is 3. The summed E-state index contributed by atoms with van der Waals surface area (Å²) >= 11 is 0. The van der Waals surface area contributed by atoms with Crippen molar-refractivity contribution in [3.63, 3.8) is 0 Å². The van der Waals surface area contributed by atoms with Gasteiger partial charge in [-0.25, -0.2) is 0 Å². The maximum Gasteiger partial charge on any atom is 0.117 e. The molecule has 0 aromatic carbocycles. The van der Waals surface area contributed by atoms with Crippen LogP contribution in [0.1, 0.15) is 24.3 Å². The fraction of sp³-hybridized carbons (Fsp3) is 0.550. The number of aromatic nitrogens is 1. The largest absolute Gasteiger partial charge is 0.468 e. The summed E-state index contributed by atoms with van der Waals surface area (Å²) in [6.07, 6.45) is 6.10. The van der Waals surface area contributed by atoms with Crippen LogP contribution in [-0.4, -0.2) is 54.2 Å². The van der Waals surface area contributed by atoms with Gasteiger partial charge < -0.3 is 9.15 Å². The molecule has 1 atom stereocenters. The van der Waals surface area contributed by atoms with Gasteiger partial charge in [-0.3, -0.25) is 14.8 Å². The molecule has 4 rings (SSSR count). The van der Waals surface area contributed by atoms with Crippen molar-refractivity contribution in [3.05, 3.63) is 54.2 Å². The van der Waals surface area contributed by atoms with E-state index >= 15 is 0 Å². The van der Waals surface area contributed by atoms with E-state index in [0.717, 1.165) is 63.9 Å². The highest BCUT2D eigenvalue weighted by molar-refractivity contribution is 5.04. The SMILES string of the molecule is c1ccc(CN2CCOC[C@]3(CCCN(Cc4ccco4)C3)C2)nc1. The van der Waals surface area contributed by atoms with Crippen molar-refractivity contribution in [1.29, 1.82) is 0 Å². The molecule has 0 saturated carbocycles. The summed E-state index contributed by atoms with van der Waals surface area (Å²) in [5, 5.41) is 0. The van der Waals surface area contributed by atoms with E-state index < -0.39 is 0 Å². The normalized spacial score (nSPS) is 25.9. The van der Waals surface area contributed by atoms with E-state index in [-0.39, 0.29) is 5.41 Å². The van der Waals surface area contributed by atoms with Gasteiger partial charge in [0.1, 0.15) is 5.76 Å². The summed E-state index contributed by atoms with van der Waals surface area (Å²) in [5.41, 5.74) is 1.36. The van der Waals surface area contributed by atoms with Crippen LogP contribution in [0, 0.1) is 5.41 Å². The minimum Gasteiger partial charge on any atom is -0.468 e. The van der Waals surface area contributed by atoms with Crippen molar-refractivity contribution in [2.24, 2.45) is 5.41 Å².